The number of ether oxygens (including phenoxy) is 2. The number of nitrogens with one attached hydrogen (secondary N) is 2. The molecular weight excluding hydrogens is 320 g/mol. The predicted octanol–water partition coefficient (Wildman–Crippen LogP) is 2.99. The predicted molar refractivity (Wildman–Crippen MR) is 95.5 cm³/mol. The van der Waals surface area contributed by atoms with Gasteiger partial charge < -0.3 is 9.47 Å². The SMILES string of the molecule is CCCCOc1ccc(C(=O)NNC(=O)C2CC=CCC2)cc1OC. The van der Waals surface area contributed by atoms with Gasteiger partial charge in [0.05, 0.1) is 13.7 Å². The Bertz CT molecular complexity index is 628. The molecule has 6 nitrogen and oxygen atoms in total. The molecule has 2 rings (SSSR count). The van der Waals surface area contributed by atoms with Crippen LogP contribution < -0.4 is 20.3 Å². The third kappa shape index (κ3) is 5.52. The summed E-state index contributed by atoms with van der Waals surface area (Å²) in [6.45, 7) is 2.69. The van der Waals surface area contributed by atoms with Gasteiger partial charge in [-0.25, -0.2) is 0 Å². The first-order valence-corrected chi connectivity index (χ1v) is 8.71. The lowest BCUT2D eigenvalue weighted by molar-refractivity contribution is -0.126. The maximum absolute atomic E-state index is 12.2. The van der Waals surface area contributed by atoms with Gasteiger partial charge >= 0.3 is 0 Å². The summed E-state index contributed by atoms with van der Waals surface area (Å²) >= 11 is 0. The van der Waals surface area contributed by atoms with Crippen LogP contribution in [-0.2, 0) is 4.79 Å². The topological polar surface area (TPSA) is 76.7 Å². The second-order valence-corrected chi connectivity index (χ2v) is 5.99. The molecule has 0 spiro atoms. The lowest BCUT2D eigenvalue weighted by Gasteiger charge is -2.17. The van der Waals surface area contributed by atoms with Gasteiger partial charge in [0.15, 0.2) is 11.5 Å². The van der Waals surface area contributed by atoms with Crippen molar-refractivity contribution < 1.29 is 19.1 Å². The van der Waals surface area contributed by atoms with Gasteiger partial charge in [-0.3, -0.25) is 20.4 Å². The second-order valence-electron chi connectivity index (χ2n) is 5.99. The zero-order chi connectivity index (χ0) is 18.1. The summed E-state index contributed by atoms with van der Waals surface area (Å²) in [5.41, 5.74) is 5.35. The van der Waals surface area contributed by atoms with E-state index in [0.29, 0.717) is 30.1 Å². The van der Waals surface area contributed by atoms with Crippen LogP contribution in [0.1, 0.15) is 49.4 Å². The fourth-order valence-electron chi connectivity index (χ4n) is 2.58. The standard InChI is InChI=1S/C19H26N2O4/c1-3-4-12-25-16-11-10-15(13-17(16)24-2)19(23)21-20-18(22)14-8-6-5-7-9-14/h5-6,10-11,13-14H,3-4,7-9,12H2,1-2H3,(H,20,22)(H,21,23). The number of benzene rings is 1. The fourth-order valence-corrected chi connectivity index (χ4v) is 2.58. The van der Waals surface area contributed by atoms with E-state index in [1.54, 1.807) is 18.2 Å². The number of allylic oxidation sites excluding steroid dienone is 2. The van der Waals surface area contributed by atoms with Crippen molar-refractivity contribution in [3.63, 3.8) is 0 Å². The number of rotatable bonds is 7. The number of amides is 2. The van der Waals surface area contributed by atoms with Crippen LogP contribution in [0.5, 0.6) is 11.5 Å². The molecule has 1 aliphatic rings. The maximum atomic E-state index is 12.2. The van der Waals surface area contributed by atoms with Crippen molar-refractivity contribution in [1.82, 2.24) is 10.9 Å². The lowest BCUT2D eigenvalue weighted by Crippen LogP contribution is -2.44. The molecule has 0 saturated carbocycles. The highest BCUT2D eigenvalue weighted by Gasteiger charge is 2.19. The first-order valence-electron chi connectivity index (χ1n) is 8.71. The molecule has 0 aliphatic heterocycles. The summed E-state index contributed by atoms with van der Waals surface area (Å²) in [4.78, 5) is 24.3. The third-order valence-corrected chi connectivity index (χ3v) is 4.12. The summed E-state index contributed by atoms with van der Waals surface area (Å²) in [6.07, 6.45) is 8.46. The summed E-state index contributed by atoms with van der Waals surface area (Å²) in [7, 11) is 1.53. The Hall–Kier alpha value is -2.50. The monoisotopic (exact) mass is 346 g/mol. The first kappa shape index (κ1) is 18.8. The van der Waals surface area contributed by atoms with Crippen LogP contribution >= 0.6 is 0 Å². The molecule has 0 radical (unpaired) electrons. The molecule has 2 amide bonds. The summed E-state index contributed by atoms with van der Waals surface area (Å²) in [6, 6.07) is 4.96. The van der Waals surface area contributed by atoms with Gasteiger partial charge in [-0.05, 0) is 43.9 Å². The minimum atomic E-state index is -0.391. The van der Waals surface area contributed by atoms with Gasteiger partial charge in [0, 0.05) is 11.5 Å². The summed E-state index contributed by atoms with van der Waals surface area (Å²) in [5, 5.41) is 0. The Morgan fingerprint density at radius 2 is 2.04 bits per heavy atom. The Labute approximate surface area is 148 Å². The smallest absolute Gasteiger partial charge is 0.269 e. The molecule has 1 aliphatic carbocycles. The van der Waals surface area contributed by atoms with Crippen LogP contribution in [0.25, 0.3) is 0 Å². The number of carbonyl (C=O) groups excluding carboxylic acids is 2. The zero-order valence-electron chi connectivity index (χ0n) is 14.8. The van der Waals surface area contributed by atoms with Crippen LogP contribution in [0.2, 0.25) is 0 Å². The molecule has 0 fully saturated rings. The zero-order valence-corrected chi connectivity index (χ0v) is 14.8. The molecule has 1 unspecified atom stereocenters. The van der Waals surface area contributed by atoms with Crippen molar-refractivity contribution in [3.05, 3.63) is 35.9 Å². The first-order chi connectivity index (χ1) is 12.2. The van der Waals surface area contributed by atoms with E-state index in [4.69, 9.17) is 9.47 Å². The quantitative estimate of drug-likeness (QED) is 0.452. The highest BCUT2D eigenvalue weighted by atomic mass is 16.5. The van der Waals surface area contributed by atoms with Gasteiger partial charge in [-0.15, -0.1) is 0 Å². The molecule has 0 aromatic heterocycles. The number of carbonyl (C=O) groups is 2. The molecule has 25 heavy (non-hydrogen) atoms. The van der Waals surface area contributed by atoms with Crippen LogP contribution in [0.4, 0.5) is 0 Å². The van der Waals surface area contributed by atoms with E-state index in [0.717, 1.165) is 25.7 Å². The fraction of sp³-hybridized carbons (Fsp3) is 0.474. The van der Waals surface area contributed by atoms with E-state index in [1.165, 1.54) is 7.11 Å². The maximum Gasteiger partial charge on any atom is 0.269 e. The highest BCUT2D eigenvalue weighted by molar-refractivity contribution is 5.96. The molecule has 2 N–H and O–H groups in total. The van der Waals surface area contributed by atoms with Gasteiger partial charge in [0.1, 0.15) is 0 Å². The van der Waals surface area contributed by atoms with Crippen LogP contribution in [0, 0.1) is 5.92 Å². The highest BCUT2D eigenvalue weighted by Crippen LogP contribution is 2.28. The number of methoxy groups -OCH3 is 1. The molecule has 1 atom stereocenters. The van der Waals surface area contributed by atoms with E-state index < -0.39 is 5.91 Å². The van der Waals surface area contributed by atoms with Crippen molar-refractivity contribution in [3.8, 4) is 11.5 Å². The molecule has 0 heterocycles. The van der Waals surface area contributed by atoms with Crippen molar-refractivity contribution >= 4 is 11.8 Å². The molecule has 1 aromatic carbocycles. The Balaban J connectivity index is 1.92. The van der Waals surface area contributed by atoms with Crippen molar-refractivity contribution in [1.29, 1.82) is 0 Å². The molecule has 1 aromatic rings. The average molecular weight is 346 g/mol. The average Bonchev–Trinajstić information content (AvgIpc) is 2.66. The number of hydrogen-bond donors (Lipinski definition) is 2. The number of unbranched alkanes of at least 4 members (excludes halogenated alkanes) is 1. The molecule has 0 saturated heterocycles. The van der Waals surface area contributed by atoms with E-state index in [1.807, 2.05) is 6.08 Å². The van der Waals surface area contributed by atoms with Gasteiger partial charge in [-0.2, -0.15) is 0 Å². The Morgan fingerprint density at radius 1 is 1.20 bits per heavy atom. The van der Waals surface area contributed by atoms with E-state index in [-0.39, 0.29) is 11.8 Å². The molecule has 0 bridgehead atoms. The van der Waals surface area contributed by atoms with Crippen molar-refractivity contribution in [2.45, 2.75) is 39.0 Å². The number of hydrogen-bond acceptors (Lipinski definition) is 4. The minimum Gasteiger partial charge on any atom is -0.493 e. The lowest BCUT2D eigenvalue weighted by atomic mass is 9.94. The number of hydrazine groups is 1. The summed E-state index contributed by atoms with van der Waals surface area (Å²) < 4.78 is 10.9. The van der Waals surface area contributed by atoms with Crippen LogP contribution in [0.15, 0.2) is 30.4 Å². The van der Waals surface area contributed by atoms with Gasteiger partial charge in [0.25, 0.3) is 5.91 Å². The van der Waals surface area contributed by atoms with E-state index in [9.17, 15) is 9.59 Å². The Kier molecular flexibility index (Phi) is 7.32. The van der Waals surface area contributed by atoms with Crippen molar-refractivity contribution in [2.24, 2.45) is 5.92 Å². The Morgan fingerprint density at radius 3 is 2.72 bits per heavy atom. The van der Waals surface area contributed by atoms with Gasteiger partial charge in [-0.1, -0.05) is 25.5 Å². The normalized spacial score (nSPS) is 16.2. The minimum absolute atomic E-state index is 0.0887. The van der Waals surface area contributed by atoms with Gasteiger partial charge in [0.2, 0.25) is 5.91 Å². The molecule has 6 heteroatoms. The van der Waals surface area contributed by atoms with Crippen LogP contribution in [0.3, 0.4) is 0 Å². The molecule has 136 valence electrons. The summed E-state index contributed by atoms with van der Waals surface area (Å²) in [5.74, 6) is 0.453. The third-order valence-electron chi connectivity index (χ3n) is 4.12. The van der Waals surface area contributed by atoms with Crippen LogP contribution in [-0.4, -0.2) is 25.5 Å². The van der Waals surface area contributed by atoms with E-state index in [2.05, 4.69) is 23.9 Å². The van der Waals surface area contributed by atoms with E-state index >= 15 is 0 Å². The second kappa shape index (κ2) is 9.71. The van der Waals surface area contributed by atoms with Crippen molar-refractivity contribution in [2.75, 3.05) is 13.7 Å². The molecular formula is C19H26N2O4. The largest absolute Gasteiger partial charge is 0.493 e.